The second kappa shape index (κ2) is 4.73. The van der Waals surface area contributed by atoms with Crippen LogP contribution in [0, 0.1) is 0 Å². The Labute approximate surface area is 101 Å². The number of benzene rings is 1. The summed E-state index contributed by atoms with van der Waals surface area (Å²) in [6.45, 7) is 1.92. The molecule has 0 amide bonds. The predicted molar refractivity (Wildman–Crippen MR) is 66.8 cm³/mol. The van der Waals surface area contributed by atoms with Gasteiger partial charge in [-0.15, -0.1) is 12.4 Å². The fourth-order valence-electron chi connectivity index (χ4n) is 2.00. The highest BCUT2D eigenvalue weighted by Crippen LogP contribution is 2.27. The first kappa shape index (κ1) is 11.2. The maximum Gasteiger partial charge on any atom is 0.134 e. The summed E-state index contributed by atoms with van der Waals surface area (Å²) in [6.07, 6.45) is 1.08. The molecule has 0 unspecified atom stereocenters. The summed E-state index contributed by atoms with van der Waals surface area (Å²) >= 11 is 0. The van der Waals surface area contributed by atoms with Crippen molar-refractivity contribution >= 4 is 12.4 Å². The second-order valence-electron chi connectivity index (χ2n) is 3.85. The summed E-state index contributed by atoms with van der Waals surface area (Å²) in [7, 11) is 0. The average Bonchev–Trinajstić information content (AvgIpc) is 2.74. The fraction of sp³-hybridized carbons (Fsp3) is 0.231. The van der Waals surface area contributed by atoms with Gasteiger partial charge in [-0.1, -0.05) is 30.3 Å². The molecule has 0 radical (unpaired) electrons. The minimum Gasteiger partial charge on any atom is -0.459 e. The van der Waals surface area contributed by atoms with Crippen molar-refractivity contribution in [1.29, 1.82) is 0 Å². The summed E-state index contributed by atoms with van der Waals surface area (Å²) in [5.74, 6) is 2.09. The van der Waals surface area contributed by atoms with Crippen LogP contribution in [0.25, 0.3) is 11.3 Å². The molecule has 0 fully saturated rings. The molecule has 1 aromatic heterocycles. The van der Waals surface area contributed by atoms with E-state index in [2.05, 4.69) is 23.5 Å². The third kappa shape index (κ3) is 1.99. The Morgan fingerprint density at radius 3 is 2.69 bits per heavy atom. The van der Waals surface area contributed by atoms with Gasteiger partial charge in [0, 0.05) is 5.56 Å². The lowest BCUT2D eigenvalue weighted by molar-refractivity contribution is 0.472. The topological polar surface area (TPSA) is 25.2 Å². The van der Waals surface area contributed by atoms with E-state index in [1.54, 1.807) is 0 Å². The number of nitrogens with one attached hydrogen (secondary N) is 1. The van der Waals surface area contributed by atoms with E-state index in [4.69, 9.17) is 4.42 Å². The highest BCUT2D eigenvalue weighted by molar-refractivity contribution is 5.85. The van der Waals surface area contributed by atoms with Crippen LogP contribution in [0.2, 0.25) is 0 Å². The van der Waals surface area contributed by atoms with Gasteiger partial charge in [-0.05, 0) is 24.6 Å². The highest BCUT2D eigenvalue weighted by Gasteiger charge is 2.14. The molecule has 1 aliphatic heterocycles. The first-order chi connectivity index (χ1) is 7.43. The van der Waals surface area contributed by atoms with Gasteiger partial charge in [-0.3, -0.25) is 0 Å². The van der Waals surface area contributed by atoms with E-state index in [0.717, 1.165) is 36.6 Å². The van der Waals surface area contributed by atoms with Gasteiger partial charge in [0.05, 0.1) is 6.54 Å². The Morgan fingerprint density at radius 2 is 1.94 bits per heavy atom. The van der Waals surface area contributed by atoms with Gasteiger partial charge in [0.15, 0.2) is 0 Å². The van der Waals surface area contributed by atoms with E-state index in [9.17, 15) is 0 Å². The Hall–Kier alpha value is -1.25. The van der Waals surface area contributed by atoms with Crippen molar-refractivity contribution in [2.24, 2.45) is 0 Å². The van der Waals surface area contributed by atoms with Crippen LogP contribution < -0.4 is 5.32 Å². The van der Waals surface area contributed by atoms with Crippen LogP contribution in [0.3, 0.4) is 0 Å². The smallest absolute Gasteiger partial charge is 0.134 e. The number of hydrogen-bond acceptors (Lipinski definition) is 2. The van der Waals surface area contributed by atoms with Crippen LogP contribution in [0.5, 0.6) is 0 Å². The number of fused-ring (bicyclic) bond motifs is 1. The molecule has 0 atom stereocenters. The molecule has 2 heterocycles. The van der Waals surface area contributed by atoms with E-state index < -0.39 is 0 Å². The van der Waals surface area contributed by atoms with Crippen LogP contribution in [0.1, 0.15) is 11.3 Å². The predicted octanol–water partition coefficient (Wildman–Crippen LogP) is 3.01. The van der Waals surface area contributed by atoms with Gasteiger partial charge < -0.3 is 9.73 Å². The third-order valence-corrected chi connectivity index (χ3v) is 2.81. The lowest BCUT2D eigenvalue weighted by Gasteiger charge is -2.09. The van der Waals surface area contributed by atoms with Crippen molar-refractivity contribution in [2.45, 2.75) is 13.0 Å². The van der Waals surface area contributed by atoms with Crippen molar-refractivity contribution in [3.63, 3.8) is 0 Å². The normalized spacial score (nSPS) is 14.0. The molecule has 2 aromatic rings. The number of hydrogen-bond donors (Lipinski definition) is 1. The lowest BCUT2D eigenvalue weighted by Crippen LogP contribution is -2.22. The number of furan rings is 1. The Bertz CT molecular complexity index is 441. The van der Waals surface area contributed by atoms with Gasteiger partial charge in [-0.25, -0.2) is 0 Å². The van der Waals surface area contributed by atoms with Crippen LogP contribution >= 0.6 is 12.4 Å². The molecule has 3 heteroatoms. The van der Waals surface area contributed by atoms with E-state index >= 15 is 0 Å². The molecule has 0 saturated carbocycles. The zero-order valence-corrected chi connectivity index (χ0v) is 9.72. The highest BCUT2D eigenvalue weighted by atomic mass is 35.5. The summed E-state index contributed by atoms with van der Waals surface area (Å²) in [5.41, 5.74) is 2.51. The summed E-state index contributed by atoms with van der Waals surface area (Å²) in [4.78, 5) is 0. The zero-order valence-electron chi connectivity index (χ0n) is 8.90. The SMILES string of the molecule is Cl.c1ccc(-c2cc3c(o2)CNCC3)cc1. The van der Waals surface area contributed by atoms with Gasteiger partial charge in [0.2, 0.25) is 0 Å². The molecule has 2 nitrogen and oxygen atoms in total. The van der Waals surface area contributed by atoms with E-state index in [1.807, 2.05) is 18.2 Å². The summed E-state index contributed by atoms with van der Waals surface area (Å²) < 4.78 is 5.83. The van der Waals surface area contributed by atoms with Crippen molar-refractivity contribution < 1.29 is 4.42 Å². The van der Waals surface area contributed by atoms with Crippen molar-refractivity contribution in [3.05, 3.63) is 47.7 Å². The van der Waals surface area contributed by atoms with Crippen LogP contribution in [0.15, 0.2) is 40.8 Å². The first-order valence-electron chi connectivity index (χ1n) is 5.31. The molecular formula is C13H14ClNO. The minimum absolute atomic E-state index is 0. The monoisotopic (exact) mass is 235 g/mol. The molecule has 3 rings (SSSR count). The molecule has 0 saturated heterocycles. The van der Waals surface area contributed by atoms with Crippen LogP contribution in [-0.4, -0.2) is 6.54 Å². The molecule has 16 heavy (non-hydrogen) atoms. The fourth-order valence-corrected chi connectivity index (χ4v) is 2.00. The molecule has 0 aliphatic carbocycles. The molecule has 1 N–H and O–H groups in total. The Kier molecular flexibility index (Phi) is 3.32. The lowest BCUT2D eigenvalue weighted by atomic mass is 10.1. The first-order valence-corrected chi connectivity index (χ1v) is 5.31. The zero-order chi connectivity index (χ0) is 10.1. The third-order valence-electron chi connectivity index (χ3n) is 2.81. The molecule has 1 aliphatic rings. The van der Waals surface area contributed by atoms with E-state index in [0.29, 0.717) is 0 Å². The molecule has 84 valence electrons. The molecule has 0 bridgehead atoms. The number of halogens is 1. The largest absolute Gasteiger partial charge is 0.459 e. The maximum absolute atomic E-state index is 5.83. The average molecular weight is 236 g/mol. The van der Waals surface area contributed by atoms with Gasteiger partial charge >= 0.3 is 0 Å². The van der Waals surface area contributed by atoms with Crippen LogP contribution in [0.4, 0.5) is 0 Å². The summed E-state index contributed by atoms with van der Waals surface area (Å²) in [6, 6.07) is 12.4. The van der Waals surface area contributed by atoms with Gasteiger partial charge in [0.1, 0.15) is 11.5 Å². The molecular weight excluding hydrogens is 222 g/mol. The minimum atomic E-state index is 0. The van der Waals surface area contributed by atoms with Crippen molar-refractivity contribution in [1.82, 2.24) is 5.32 Å². The standard InChI is InChI=1S/C13H13NO.ClH/c1-2-4-10(5-3-1)12-8-11-6-7-14-9-13(11)15-12;/h1-5,8,14H,6-7,9H2;1H. The number of rotatable bonds is 1. The Balaban J connectivity index is 0.000000963. The van der Waals surface area contributed by atoms with E-state index in [-0.39, 0.29) is 12.4 Å². The molecule has 0 spiro atoms. The van der Waals surface area contributed by atoms with Crippen LogP contribution in [-0.2, 0) is 13.0 Å². The molecule has 1 aromatic carbocycles. The maximum atomic E-state index is 5.83. The van der Waals surface area contributed by atoms with Gasteiger partial charge in [0.25, 0.3) is 0 Å². The van der Waals surface area contributed by atoms with Crippen molar-refractivity contribution in [3.8, 4) is 11.3 Å². The quantitative estimate of drug-likeness (QED) is 0.822. The van der Waals surface area contributed by atoms with Gasteiger partial charge in [-0.2, -0.15) is 0 Å². The van der Waals surface area contributed by atoms with E-state index in [1.165, 1.54) is 5.56 Å². The van der Waals surface area contributed by atoms with Crippen molar-refractivity contribution in [2.75, 3.05) is 6.54 Å². The summed E-state index contributed by atoms with van der Waals surface area (Å²) in [5, 5.41) is 3.31. The second-order valence-corrected chi connectivity index (χ2v) is 3.85. The Morgan fingerprint density at radius 1 is 1.12 bits per heavy atom.